The molecular weight excluding hydrogens is 181 g/mol. The third-order valence-corrected chi connectivity index (χ3v) is 3.28. The zero-order valence-electron chi connectivity index (χ0n) is 8.89. The van der Waals surface area contributed by atoms with Gasteiger partial charge in [-0.1, -0.05) is 0 Å². The second kappa shape index (κ2) is 4.15. The van der Waals surface area contributed by atoms with Crippen LogP contribution < -0.4 is 5.32 Å². The highest BCUT2D eigenvalue weighted by molar-refractivity contribution is 4.92. The van der Waals surface area contributed by atoms with Gasteiger partial charge in [-0.3, -0.25) is 0 Å². The third kappa shape index (κ3) is 2.67. The summed E-state index contributed by atoms with van der Waals surface area (Å²) in [6.07, 6.45) is 3.82. The molecule has 14 heavy (non-hydrogen) atoms. The summed E-state index contributed by atoms with van der Waals surface area (Å²) < 4.78 is 18.5. The van der Waals surface area contributed by atoms with Crippen molar-refractivity contribution in [3.63, 3.8) is 0 Å². The van der Waals surface area contributed by atoms with Gasteiger partial charge in [0.2, 0.25) is 0 Å². The number of alkyl halides is 1. The minimum Gasteiger partial charge on any atom is -0.380 e. The van der Waals surface area contributed by atoms with Crippen LogP contribution >= 0.6 is 0 Å². The number of ether oxygens (including phenoxy) is 1. The van der Waals surface area contributed by atoms with Crippen LogP contribution in [0.15, 0.2) is 0 Å². The van der Waals surface area contributed by atoms with Crippen LogP contribution in [0.1, 0.15) is 32.6 Å². The van der Waals surface area contributed by atoms with E-state index in [1.54, 1.807) is 6.92 Å². The molecular formula is C11H20FNO. The first-order valence-corrected chi connectivity index (χ1v) is 5.66. The van der Waals surface area contributed by atoms with Crippen LogP contribution in [-0.2, 0) is 4.74 Å². The van der Waals surface area contributed by atoms with Gasteiger partial charge < -0.3 is 10.1 Å². The van der Waals surface area contributed by atoms with Gasteiger partial charge in [0.25, 0.3) is 0 Å². The molecule has 82 valence electrons. The molecule has 2 fully saturated rings. The normalized spacial score (nSPS) is 43.3. The Morgan fingerprint density at radius 2 is 2.29 bits per heavy atom. The molecule has 2 aliphatic rings. The van der Waals surface area contributed by atoms with Crippen molar-refractivity contribution in [1.82, 2.24) is 5.32 Å². The Morgan fingerprint density at radius 1 is 1.50 bits per heavy atom. The Labute approximate surface area is 85.2 Å². The van der Waals surface area contributed by atoms with Gasteiger partial charge in [-0.25, -0.2) is 4.39 Å². The highest BCUT2D eigenvalue weighted by atomic mass is 19.1. The van der Waals surface area contributed by atoms with E-state index < -0.39 is 5.67 Å². The summed E-state index contributed by atoms with van der Waals surface area (Å²) in [6.45, 7) is 4.41. The molecule has 1 heterocycles. The van der Waals surface area contributed by atoms with Crippen LogP contribution in [0, 0.1) is 5.92 Å². The predicted molar refractivity (Wildman–Crippen MR) is 54.1 cm³/mol. The SMILES string of the molecule is CC1(F)CC(CNC2CCCOC2)C1. The fraction of sp³-hybridized carbons (Fsp3) is 1.00. The van der Waals surface area contributed by atoms with Gasteiger partial charge in [-0.05, 0) is 45.1 Å². The first-order valence-electron chi connectivity index (χ1n) is 5.66. The van der Waals surface area contributed by atoms with E-state index in [0.717, 1.165) is 39.0 Å². The maximum atomic E-state index is 13.2. The Bertz CT molecular complexity index is 182. The Balaban J connectivity index is 1.59. The average molecular weight is 201 g/mol. The smallest absolute Gasteiger partial charge is 0.108 e. The molecule has 0 bridgehead atoms. The van der Waals surface area contributed by atoms with Crippen molar-refractivity contribution < 1.29 is 9.13 Å². The van der Waals surface area contributed by atoms with E-state index in [2.05, 4.69) is 5.32 Å². The quantitative estimate of drug-likeness (QED) is 0.753. The molecule has 1 N–H and O–H groups in total. The van der Waals surface area contributed by atoms with E-state index in [-0.39, 0.29) is 0 Å². The molecule has 0 aromatic heterocycles. The molecule has 0 aromatic rings. The van der Waals surface area contributed by atoms with Crippen molar-refractivity contribution in [2.24, 2.45) is 5.92 Å². The van der Waals surface area contributed by atoms with Crippen LogP contribution in [0.4, 0.5) is 4.39 Å². The summed E-state index contributed by atoms with van der Waals surface area (Å²) in [6, 6.07) is 0.509. The minimum absolute atomic E-state index is 0.509. The molecule has 1 aliphatic carbocycles. The Hall–Kier alpha value is -0.150. The molecule has 1 saturated heterocycles. The number of nitrogens with one attached hydrogen (secondary N) is 1. The number of halogens is 1. The highest BCUT2D eigenvalue weighted by Gasteiger charge is 2.40. The lowest BCUT2D eigenvalue weighted by molar-refractivity contribution is 0.0178. The maximum absolute atomic E-state index is 13.2. The first kappa shape index (κ1) is 10.4. The van der Waals surface area contributed by atoms with Gasteiger partial charge in [-0.2, -0.15) is 0 Å². The fourth-order valence-electron chi connectivity index (χ4n) is 2.52. The zero-order valence-corrected chi connectivity index (χ0v) is 8.89. The Kier molecular flexibility index (Phi) is 3.07. The van der Waals surface area contributed by atoms with Gasteiger partial charge in [0.1, 0.15) is 5.67 Å². The summed E-state index contributed by atoms with van der Waals surface area (Å²) in [5.41, 5.74) is -0.880. The molecule has 1 saturated carbocycles. The van der Waals surface area contributed by atoms with Crippen molar-refractivity contribution in [2.75, 3.05) is 19.8 Å². The topological polar surface area (TPSA) is 21.3 Å². The minimum atomic E-state index is -0.880. The molecule has 1 aliphatic heterocycles. The molecule has 1 unspecified atom stereocenters. The van der Waals surface area contributed by atoms with Crippen molar-refractivity contribution in [1.29, 1.82) is 0 Å². The third-order valence-electron chi connectivity index (χ3n) is 3.28. The summed E-state index contributed by atoms with van der Waals surface area (Å²) in [5.74, 6) is 0.548. The van der Waals surface area contributed by atoms with E-state index in [4.69, 9.17) is 4.74 Å². The van der Waals surface area contributed by atoms with E-state index in [1.165, 1.54) is 6.42 Å². The van der Waals surface area contributed by atoms with Crippen LogP contribution in [-0.4, -0.2) is 31.5 Å². The largest absolute Gasteiger partial charge is 0.380 e. The second-order valence-electron chi connectivity index (χ2n) is 5.01. The number of rotatable bonds is 3. The van der Waals surface area contributed by atoms with E-state index >= 15 is 0 Å². The Morgan fingerprint density at radius 3 is 2.86 bits per heavy atom. The number of hydrogen-bond donors (Lipinski definition) is 1. The van der Waals surface area contributed by atoms with Crippen molar-refractivity contribution >= 4 is 0 Å². The molecule has 3 heteroatoms. The molecule has 0 aromatic carbocycles. The van der Waals surface area contributed by atoms with Crippen LogP contribution in [0.2, 0.25) is 0 Å². The standard InChI is InChI=1S/C11H20FNO/c1-11(12)5-9(6-11)7-13-10-3-2-4-14-8-10/h9-10,13H,2-8H2,1H3. The van der Waals surface area contributed by atoms with E-state index in [0.29, 0.717) is 12.0 Å². The predicted octanol–water partition coefficient (Wildman–Crippen LogP) is 1.89. The second-order valence-corrected chi connectivity index (χ2v) is 5.01. The summed E-state index contributed by atoms with van der Waals surface area (Å²) in [4.78, 5) is 0. The molecule has 0 radical (unpaired) electrons. The fourth-order valence-corrected chi connectivity index (χ4v) is 2.52. The highest BCUT2D eigenvalue weighted by Crippen LogP contribution is 2.40. The van der Waals surface area contributed by atoms with Gasteiger partial charge in [0.15, 0.2) is 0 Å². The van der Waals surface area contributed by atoms with Crippen molar-refractivity contribution in [2.45, 2.75) is 44.3 Å². The summed E-state index contributed by atoms with van der Waals surface area (Å²) in [5, 5.41) is 3.47. The zero-order chi connectivity index (χ0) is 10.0. The van der Waals surface area contributed by atoms with Gasteiger partial charge in [0.05, 0.1) is 6.61 Å². The maximum Gasteiger partial charge on any atom is 0.108 e. The van der Waals surface area contributed by atoms with Crippen LogP contribution in [0.5, 0.6) is 0 Å². The monoisotopic (exact) mass is 201 g/mol. The van der Waals surface area contributed by atoms with Crippen LogP contribution in [0.3, 0.4) is 0 Å². The van der Waals surface area contributed by atoms with Crippen molar-refractivity contribution in [3.05, 3.63) is 0 Å². The molecule has 0 amide bonds. The summed E-state index contributed by atoms with van der Waals surface area (Å²) >= 11 is 0. The molecule has 2 rings (SSSR count). The summed E-state index contributed by atoms with van der Waals surface area (Å²) in [7, 11) is 0. The molecule has 2 nitrogen and oxygen atoms in total. The lowest BCUT2D eigenvalue weighted by Crippen LogP contribution is -2.46. The lowest BCUT2D eigenvalue weighted by atomic mass is 9.73. The van der Waals surface area contributed by atoms with E-state index in [9.17, 15) is 4.39 Å². The first-order chi connectivity index (χ1) is 6.66. The van der Waals surface area contributed by atoms with Crippen molar-refractivity contribution in [3.8, 4) is 0 Å². The van der Waals surface area contributed by atoms with Gasteiger partial charge in [0, 0.05) is 12.6 Å². The molecule has 0 spiro atoms. The van der Waals surface area contributed by atoms with E-state index in [1.807, 2.05) is 0 Å². The van der Waals surface area contributed by atoms with Gasteiger partial charge in [-0.15, -0.1) is 0 Å². The molecule has 1 atom stereocenters. The number of hydrogen-bond acceptors (Lipinski definition) is 2. The lowest BCUT2D eigenvalue weighted by Gasteiger charge is -2.39. The average Bonchev–Trinajstić information content (AvgIpc) is 2.13. The van der Waals surface area contributed by atoms with Gasteiger partial charge >= 0.3 is 0 Å². The van der Waals surface area contributed by atoms with Crippen LogP contribution in [0.25, 0.3) is 0 Å².